The number of halogens is 1. The molecule has 0 bridgehead atoms. The Labute approximate surface area is 241 Å². The van der Waals surface area contributed by atoms with Gasteiger partial charge in [-0.3, -0.25) is 4.99 Å². The Bertz CT molecular complexity index is 1570. The van der Waals surface area contributed by atoms with Crippen molar-refractivity contribution in [2.24, 2.45) is 10.9 Å². The van der Waals surface area contributed by atoms with Crippen LogP contribution in [-0.2, 0) is 6.61 Å². The summed E-state index contributed by atoms with van der Waals surface area (Å²) < 4.78 is 11.7. The van der Waals surface area contributed by atoms with E-state index in [0.29, 0.717) is 35.0 Å². The number of nitrogens with zero attached hydrogens (tertiary/aromatic N) is 1. The van der Waals surface area contributed by atoms with E-state index >= 15 is 0 Å². The maximum absolute atomic E-state index is 6.63. The summed E-state index contributed by atoms with van der Waals surface area (Å²) in [6.45, 7) is 4.58. The molecule has 40 heavy (non-hydrogen) atoms. The standard InChI is InChI=1S/C35H33ClN2O2/c1-22-15-23(2)17-25(16-22)21-40-35-31(36)18-24(19-33(35)39-3)20-37-27-13-11-26(12-14-27)34-30-9-6-8-28(30)29-7-4-5-10-32(29)38-34/h4-8,10-20,28,30,34,38H,9,21H2,1-3H3/t28-,30+,34+/m1/s1. The van der Waals surface area contributed by atoms with Gasteiger partial charge in [0.1, 0.15) is 6.61 Å². The molecule has 0 unspecified atom stereocenters. The molecule has 2 aliphatic rings. The van der Waals surface area contributed by atoms with Gasteiger partial charge in [0, 0.05) is 17.8 Å². The van der Waals surface area contributed by atoms with Gasteiger partial charge in [-0.1, -0.05) is 83.4 Å². The predicted octanol–water partition coefficient (Wildman–Crippen LogP) is 9.12. The van der Waals surface area contributed by atoms with Crippen LogP contribution in [0.1, 0.15) is 51.8 Å². The van der Waals surface area contributed by atoms with Gasteiger partial charge >= 0.3 is 0 Å². The number of benzene rings is 4. The Kier molecular flexibility index (Phi) is 7.36. The molecular weight excluding hydrogens is 516 g/mol. The Morgan fingerprint density at radius 1 is 0.975 bits per heavy atom. The van der Waals surface area contributed by atoms with E-state index < -0.39 is 0 Å². The summed E-state index contributed by atoms with van der Waals surface area (Å²) in [5.41, 5.74) is 9.14. The number of rotatable bonds is 7. The van der Waals surface area contributed by atoms with Crippen molar-refractivity contribution in [2.45, 2.75) is 38.8 Å². The SMILES string of the molecule is COc1cc(C=Nc2ccc([C@@H]3Nc4ccccc4[C@H]4C=CC[C@@H]43)cc2)cc(Cl)c1OCc1cc(C)cc(C)c1. The topological polar surface area (TPSA) is 42.8 Å². The highest BCUT2D eigenvalue weighted by Crippen LogP contribution is 2.49. The average Bonchev–Trinajstić information content (AvgIpc) is 3.45. The first-order valence-corrected chi connectivity index (χ1v) is 14.1. The second-order valence-electron chi connectivity index (χ2n) is 10.7. The third-order valence-corrected chi connectivity index (χ3v) is 8.08. The second kappa shape index (κ2) is 11.2. The molecule has 1 aliphatic heterocycles. The number of para-hydroxylation sites is 1. The minimum Gasteiger partial charge on any atom is -0.493 e. The van der Waals surface area contributed by atoms with Crippen LogP contribution < -0.4 is 14.8 Å². The summed E-state index contributed by atoms with van der Waals surface area (Å²) in [5, 5.41) is 4.28. The van der Waals surface area contributed by atoms with Crippen LogP contribution in [0.25, 0.3) is 0 Å². The minimum atomic E-state index is 0.271. The fourth-order valence-corrected chi connectivity index (χ4v) is 6.33. The number of aliphatic imine (C=N–C) groups is 1. The summed E-state index contributed by atoms with van der Waals surface area (Å²) >= 11 is 6.63. The number of anilines is 1. The largest absolute Gasteiger partial charge is 0.493 e. The van der Waals surface area contributed by atoms with Crippen molar-refractivity contribution in [3.63, 3.8) is 0 Å². The summed E-state index contributed by atoms with van der Waals surface area (Å²) in [6.07, 6.45) is 7.59. The molecule has 202 valence electrons. The summed E-state index contributed by atoms with van der Waals surface area (Å²) in [5.74, 6) is 2.10. The maximum Gasteiger partial charge on any atom is 0.180 e. The first kappa shape index (κ1) is 26.2. The lowest BCUT2D eigenvalue weighted by molar-refractivity contribution is 0.284. The third kappa shape index (κ3) is 5.37. The second-order valence-corrected chi connectivity index (χ2v) is 11.1. The molecule has 0 amide bonds. The van der Waals surface area contributed by atoms with Crippen LogP contribution in [-0.4, -0.2) is 13.3 Å². The number of hydrogen-bond acceptors (Lipinski definition) is 4. The van der Waals surface area contributed by atoms with Crippen molar-refractivity contribution in [3.05, 3.63) is 129 Å². The van der Waals surface area contributed by atoms with Crippen LogP contribution >= 0.6 is 11.6 Å². The molecule has 0 aromatic heterocycles. The van der Waals surface area contributed by atoms with E-state index in [-0.39, 0.29) is 6.04 Å². The van der Waals surface area contributed by atoms with Crippen LogP contribution in [0.5, 0.6) is 11.5 Å². The molecular formula is C35H33ClN2O2. The highest BCUT2D eigenvalue weighted by molar-refractivity contribution is 6.32. The quantitative estimate of drug-likeness (QED) is 0.185. The molecule has 4 aromatic rings. The number of allylic oxidation sites excluding steroid dienone is 2. The van der Waals surface area contributed by atoms with Gasteiger partial charge in [-0.25, -0.2) is 0 Å². The normalized spacial score (nSPS) is 19.2. The Morgan fingerprint density at radius 3 is 2.52 bits per heavy atom. The van der Waals surface area contributed by atoms with E-state index in [1.165, 1.54) is 27.9 Å². The monoisotopic (exact) mass is 548 g/mol. The summed E-state index contributed by atoms with van der Waals surface area (Å²) in [4.78, 5) is 4.71. The zero-order chi connectivity index (χ0) is 27.6. The lowest BCUT2D eigenvalue weighted by Crippen LogP contribution is -2.28. The van der Waals surface area contributed by atoms with Crippen LogP contribution in [0.15, 0.2) is 96.0 Å². The molecule has 1 aliphatic carbocycles. The van der Waals surface area contributed by atoms with E-state index in [2.05, 4.69) is 98.0 Å². The molecule has 0 spiro atoms. The minimum absolute atomic E-state index is 0.271. The van der Waals surface area contributed by atoms with Gasteiger partial charge in [0.2, 0.25) is 0 Å². The van der Waals surface area contributed by atoms with E-state index in [1.807, 2.05) is 18.3 Å². The highest BCUT2D eigenvalue weighted by Gasteiger charge is 2.37. The van der Waals surface area contributed by atoms with E-state index in [4.69, 9.17) is 26.1 Å². The van der Waals surface area contributed by atoms with Crippen molar-refractivity contribution in [2.75, 3.05) is 12.4 Å². The fourth-order valence-electron chi connectivity index (χ4n) is 6.05. The van der Waals surface area contributed by atoms with Gasteiger partial charge in [-0.15, -0.1) is 0 Å². The molecule has 3 atom stereocenters. The third-order valence-electron chi connectivity index (χ3n) is 7.80. The molecule has 0 saturated heterocycles. The van der Waals surface area contributed by atoms with Crippen LogP contribution in [0.4, 0.5) is 11.4 Å². The molecule has 0 radical (unpaired) electrons. The summed E-state index contributed by atoms with van der Waals surface area (Å²) in [7, 11) is 1.62. The molecule has 1 N–H and O–H groups in total. The first-order valence-electron chi connectivity index (χ1n) is 13.7. The number of aryl methyl sites for hydroxylation is 2. The Hall–Kier alpha value is -4.02. The molecule has 5 heteroatoms. The number of hydrogen-bond donors (Lipinski definition) is 1. The first-order chi connectivity index (χ1) is 19.5. The van der Waals surface area contributed by atoms with Gasteiger partial charge in [0.15, 0.2) is 11.5 Å². The molecule has 4 nitrogen and oxygen atoms in total. The molecule has 0 fully saturated rings. The lowest BCUT2D eigenvalue weighted by Gasteiger charge is -2.37. The van der Waals surface area contributed by atoms with Crippen molar-refractivity contribution in [1.29, 1.82) is 0 Å². The molecule has 0 saturated carbocycles. The van der Waals surface area contributed by atoms with Gasteiger partial charge < -0.3 is 14.8 Å². The van der Waals surface area contributed by atoms with Crippen LogP contribution in [0.2, 0.25) is 5.02 Å². The van der Waals surface area contributed by atoms with Crippen molar-refractivity contribution in [1.82, 2.24) is 0 Å². The van der Waals surface area contributed by atoms with Crippen LogP contribution in [0, 0.1) is 19.8 Å². The van der Waals surface area contributed by atoms with Gasteiger partial charge in [-0.2, -0.15) is 0 Å². The Morgan fingerprint density at radius 2 is 1.75 bits per heavy atom. The maximum atomic E-state index is 6.63. The van der Waals surface area contributed by atoms with Crippen molar-refractivity contribution >= 4 is 29.2 Å². The van der Waals surface area contributed by atoms with Crippen molar-refractivity contribution < 1.29 is 9.47 Å². The van der Waals surface area contributed by atoms with Gasteiger partial charge in [0.05, 0.1) is 23.9 Å². The smallest absolute Gasteiger partial charge is 0.180 e. The summed E-state index contributed by atoms with van der Waals surface area (Å²) in [6, 6.07) is 27.6. The average molecular weight is 549 g/mol. The Balaban J connectivity index is 1.17. The van der Waals surface area contributed by atoms with Gasteiger partial charge in [-0.05, 0) is 78.8 Å². The number of ether oxygens (including phenoxy) is 2. The number of methoxy groups -OCH3 is 1. The zero-order valence-corrected chi connectivity index (χ0v) is 23.8. The highest BCUT2D eigenvalue weighted by atomic mass is 35.5. The van der Waals surface area contributed by atoms with E-state index in [9.17, 15) is 0 Å². The lowest BCUT2D eigenvalue weighted by atomic mass is 9.77. The zero-order valence-electron chi connectivity index (χ0n) is 23.0. The van der Waals surface area contributed by atoms with Crippen LogP contribution in [0.3, 0.4) is 0 Å². The fraction of sp³-hybridized carbons (Fsp3) is 0.229. The molecule has 4 aromatic carbocycles. The molecule has 1 heterocycles. The van der Waals surface area contributed by atoms with E-state index in [1.54, 1.807) is 7.11 Å². The number of nitrogens with one attached hydrogen (secondary N) is 1. The van der Waals surface area contributed by atoms with Crippen molar-refractivity contribution in [3.8, 4) is 11.5 Å². The van der Waals surface area contributed by atoms with E-state index in [0.717, 1.165) is 23.2 Å². The number of fused-ring (bicyclic) bond motifs is 3. The predicted molar refractivity (Wildman–Crippen MR) is 165 cm³/mol. The molecule has 6 rings (SSSR count). The van der Waals surface area contributed by atoms with Gasteiger partial charge in [0.25, 0.3) is 0 Å².